The summed E-state index contributed by atoms with van der Waals surface area (Å²) in [4.78, 5) is 15.1. The second-order valence-corrected chi connectivity index (χ2v) is 5.81. The fraction of sp³-hybridized carbons (Fsp3) is 0.182. The molecule has 0 aliphatic rings. The van der Waals surface area contributed by atoms with Gasteiger partial charge in [0.25, 0.3) is 0 Å². The van der Waals surface area contributed by atoms with Crippen molar-refractivity contribution in [3.63, 3.8) is 0 Å². The van der Waals surface area contributed by atoms with Crippen LogP contribution in [0.15, 0.2) is 29.4 Å². The van der Waals surface area contributed by atoms with E-state index in [1.165, 1.54) is 43.3 Å². The van der Waals surface area contributed by atoms with Crippen LogP contribution < -0.4 is 4.72 Å². The minimum atomic E-state index is -3.57. The summed E-state index contributed by atoms with van der Waals surface area (Å²) in [6, 6.07) is 2.79. The van der Waals surface area contributed by atoms with E-state index in [0.29, 0.717) is 11.3 Å². The van der Waals surface area contributed by atoms with Crippen molar-refractivity contribution in [3.8, 4) is 11.3 Å². The lowest BCUT2D eigenvalue weighted by molar-refractivity contribution is 0.0686. The molecule has 0 saturated heterocycles. The number of aromatic carboxylic acids is 1. The molecule has 0 aliphatic heterocycles. The molecule has 106 valence electrons. The van der Waals surface area contributed by atoms with Crippen LogP contribution in [-0.4, -0.2) is 41.3 Å². The van der Waals surface area contributed by atoms with Crippen molar-refractivity contribution in [3.05, 3.63) is 30.2 Å². The molecule has 2 heterocycles. The molecule has 0 saturated carbocycles. The first-order valence-corrected chi connectivity index (χ1v) is 7.00. The molecule has 2 N–H and O–H groups in total. The Balaban J connectivity index is 2.49. The quantitative estimate of drug-likeness (QED) is 0.826. The van der Waals surface area contributed by atoms with E-state index in [1.54, 1.807) is 0 Å². The van der Waals surface area contributed by atoms with Crippen molar-refractivity contribution in [2.75, 3.05) is 7.05 Å². The van der Waals surface area contributed by atoms with Crippen LogP contribution in [0.1, 0.15) is 10.5 Å². The van der Waals surface area contributed by atoms with E-state index in [4.69, 9.17) is 5.11 Å². The lowest BCUT2D eigenvalue weighted by Crippen LogP contribution is -2.18. The van der Waals surface area contributed by atoms with E-state index in [9.17, 15) is 13.2 Å². The van der Waals surface area contributed by atoms with Gasteiger partial charge in [-0.15, -0.1) is 0 Å². The summed E-state index contributed by atoms with van der Waals surface area (Å²) >= 11 is 0. The Morgan fingerprint density at radius 3 is 2.55 bits per heavy atom. The van der Waals surface area contributed by atoms with Crippen molar-refractivity contribution in [2.24, 2.45) is 7.05 Å². The van der Waals surface area contributed by atoms with Gasteiger partial charge in [-0.2, -0.15) is 5.10 Å². The molecule has 9 heteroatoms. The van der Waals surface area contributed by atoms with Gasteiger partial charge in [0.1, 0.15) is 4.90 Å². The summed E-state index contributed by atoms with van der Waals surface area (Å²) in [6.45, 7) is 0. The number of aromatic nitrogens is 3. The van der Waals surface area contributed by atoms with Gasteiger partial charge >= 0.3 is 5.97 Å². The second kappa shape index (κ2) is 5.02. The SMILES string of the molecule is CNS(=O)(=O)c1ccc(-c2cnn(C)c2C(=O)O)nc1. The number of nitrogens with zero attached hydrogens (tertiary/aromatic N) is 3. The molecular weight excluding hydrogens is 284 g/mol. The first-order valence-electron chi connectivity index (χ1n) is 5.52. The molecule has 2 rings (SSSR count). The minimum Gasteiger partial charge on any atom is -0.477 e. The van der Waals surface area contributed by atoms with Crippen LogP contribution in [0.3, 0.4) is 0 Å². The zero-order valence-corrected chi connectivity index (χ0v) is 11.5. The Hall–Kier alpha value is -2.26. The van der Waals surface area contributed by atoms with Crippen LogP contribution in [-0.2, 0) is 17.1 Å². The predicted octanol–water partition coefficient (Wildman–Crippen LogP) is 0.0884. The second-order valence-electron chi connectivity index (χ2n) is 3.92. The van der Waals surface area contributed by atoms with E-state index < -0.39 is 16.0 Å². The largest absolute Gasteiger partial charge is 0.477 e. The van der Waals surface area contributed by atoms with Gasteiger partial charge in [-0.1, -0.05) is 0 Å². The lowest BCUT2D eigenvalue weighted by atomic mass is 10.1. The highest BCUT2D eigenvalue weighted by molar-refractivity contribution is 7.89. The van der Waals surface area contributed by atoms with Gasteiger partial charge in [-0.3, -0.25) is 9.67 Å². The van der Waals surface area contributed by atoms with E-state index in [2.05, 4.69) is 14.8 Å². The van der Waals surface area contributed by atoms with Gasteiger partial charge in [0.15, 0.2) is 5.69 Å². The summed E-state index contributed by atoms with van der Waals surface area (Å²) in [5.41, 5.74) is 0.653. The summed E-state index contributed by atoms with van der Waals surface area (Å²) in [6.07, 6.45) is 2.54. The van der Waals surface area contributed by atoms with Crippen molar-refractivity contribution in [1.29, 1.82) is 0 Å². The van der Waals surface area contributed by atoms with Crippen LogP contribution in [0.2, 0.25) is 0 Å². The fourth-order valence-corrected chi connectivity index (χ4v) is 2.37. The Labute approximate surface area is 115 Å². The van der Waals surface area contributed by atoms with E-state index in [1.807, 2.05) is 0 Å². The monoisotopic (exact) mass is 296 g/mol. The standard InChI is InChI=1S/C11H12N4O4S/c1-12-20(18,19)7-3-4-9(13-5-7)8-6-14-15(2)10(8)11(16)17/h3-6,12H,1-2H3,(H,16,17). The highest BCUT2D eigenvalue weighted by atomic mass is 32.2. The number of pyridine rings is 1. The topological polar surface area (TPSA) is 114 Å². The van der Waals surface area contributed by atoms with Crippen molar-refractivity contribution >= 4 is 16.0 Å². The Kier molecular flexibility index (Phi) is 3.55. The summed E-state index contributed by atoms with van der Waals surface area (Å²) < 4.78 is 26.5. The fourth-order valence-electron chi connectivity index (χ4n) is 1.70. The molecule has 0 aliphatic carbocycles. The number of sulfonamides is 1. The molecule has 0 fully saturated rings. The maximum absolute atomic E-state index is 11.6. The molecule has 0 atom stereocenters. The van der Waals surface area contributed by atoms with Gasteiger partial charge in [0.2, 0.25) is 10.0 Å². The van der Waals surface area contributed by atoms with E-state index in [0.717, 1.165) is 0 Å². The molecule has 0 aromatic carbocycles. The number of nitrogens with one attached hydrogen (secondary N) is 1. The first-order chi connectivity index (χ1) is 9.36. The number of carboxylic acid groups (broad SMARTS) is 1. The zero-order chi connectivity index (χ0) is 14.9. The average molecular weight is 296 g/mol. The van der Waals surface area contributed by atoms with Crippen LogP contribution in [0.25, 0.3) is 11.3 Å². The Morgan fingerprint density at radius 2 is 2.05 bits per heavy atom. The van der Waals surface area contributed by atoms with Crippen LogP contribution >= 0.6 is 0 Å². The number of carbonyl (C=O) groups is 1. The predicted molar refractivity (Wildman–Crippen MR) is 69.6 cm³/mol. The normalized spacial score (nSPS) is 11.5. The highest BCUT2D eigenvalue weighted by Gasteiger charge is 2.19. The Morgan fingerprint density at radius 1 is 1.35 bits per heavy atom. The van der Waals surface area contributed by atoms with Crippen LogP contribution in [0, 0.1) is 0 Å². The maximum Gasteiger partial charge on any atom is 0.354 e. The highest BCUT2D eigenvalue weighted by Crippen LogP contribution is 2.22. The molecular formula is C11H12N4O4S. The molecule has 0 amide bonds. The van der Waals surface area contributed by atoms with Crippen LogP contribution in [0.4, 0.5) is 0 Å². The molecule has 20 heavy (non-hydrogen) atoms. The molecule has 2 aromatic rings. The van der Waals surface area contributed by atoms with E-state index >= 15 is 0 Å². The van der Waals surface area contributed by atoms with Crippen LogP contribution in [0.5, 0.6) is 0 Å². The van der Waals surface area contributed by atoms with Crippen molar-refractivity contribution in [1.82, 2.24) is 19.5 Å². The number of carboxylic acids is 1. The molecule has 2 aromatic heterocycles. The number of aryl methyl sites for hydroxylation is 1. The smallest absolute Gasteiger partial charge is 0.354 e. The molecule has 0 bridgehead atoms. The van der Waals surface area contributed by atoms with E-state index in [-0.39, 0.29) is 10.6 Å². The molecule has 0 spiro atoms. The summed E-state index contributed by atoms with van der Waals surface area (Å²) in [7, 11) is -0.763. The average Bonchev–Trinajstić information content (AvgIpc) is 2.81. The molecule has 0 unspecified atom stereocenters. The van der Waals surface area contributed by atoms with Crippen molar-refractivity contribution < 1.29 is 18.3 Å². The lowest BCUT2D eigenvalue weighted by Gasteiger charge is -2.04. The number of rotatable bonds is 4. The minimum absolute atomic E-state index is 0.00418. The molecule has 8 nitrogen and oxygen atoms in total. The van der Waals surface area contributed by atoms with Gasteiger partial charge < -0.3 is 5.11 Å². The van der Waals surface area contributed by atoms with Gasteiger partial charge in [0, 0.05) is 13.2 Å². The third-order valence-electron chi connectivity index (χ3n) is 2.73. The zero-order valence-electron chi connectivity index (χ0n) is 10.7. The Bertz CT molecular complexity index is 749. The third-order valence-corrected chi connectivity index (χ3v) is 4.13. The summed E-state index contributed by atoms with van der Waals surface area (Å²) in [5, 5.41) is 13.0. The van der Waals surface area contributed by atoms with Crippen molar-refractivity contribution in [2.45, 2.75) is 4.90 Å². The maximum atomic E-state index is 11.6. The summed E-state index contributed by atoms with van der Waals surface area (Å²) in [5.74, 6) is -1.13. The number of hydrogen-bond donors (Lipinski definition) is 2. The molecule has 0 radical (unpaired) electrons. The third kappa shape index (κ3) is 2.40. The number of hydrogen-bond acceptors (Lipinski definition) is 5. The van der Waals surface area contributed by atoms with Gasteiger partial charge in [-0.05, 0) is 19.2 Å². The van der Waals surface area contributed by atoms with Gasteiger partial charge in [-0.25, -0.2) is 17.9 Å². The first kappa shape index (κ1) is 14.2. The van der Waals surface area contributed by atoms with Gasteiger partial charge in [0.05, 0.1) is 17.5 Å².